The minimum atomic E-state index is -2.87. The van der Waals surface area contributed by atoms with Crippen LogP contribution in [-0.4, -0.2) is 27.3 Å². The highest BCUT2D eigenvalue weighted by Crippen LogP contribution is 2.27. The second-order valence-corrected chi connectivity index (χ2v) is 6.51. The van der Waals surface area contributed by atoms with Gasteiger partial charge in [0.05, 0.1) is 16.4 Å². The largest absolute Gasteiger partial charge is 0.435 e. The van der Waals surface area contributed by atoms with Crippen LogP contribution < -0.4 is 10.1 Å². The van der Waals surface area contributed by atoms with Crippen LogP contribution in [-0.2, 0) is 11.3 Å². The highest BCUT2D eigenvalue weighted by atomic mass is 35.5. The molecule has 0 fully saturated rings. The molecule has 10 heteroatoms. The first-order chi connectivity index (χ1) is 12.4. The lowest BCUT2D eigenvalue weighted by atomic mass is 10.2. The fourth-order valence-electron chi connectivity index (χ4n) is 2.15. The van der Waals surface area contributed by atoms with Crippen molar-refractivity contribution in [2.75, 3.05) is 5.32 Å². The molecule has 0 radical (unpaired) electrons. The molecule has 0 spiro atoms. The van der Waals surface area contributed by atoms with E-state index in [0.717, 1.165) is 5.56 Å². The lowest BCUT2D eigenvalue weighted by molar-refractivity contribution is -0.116. The number of alkyl halides is 2. The van der Waals surface area contributed by atoms with Gasteiger partial charge in [0, 0.05) is 17.1 Å². The molecule has 0 atom stereocenters. The number of benzene rings is 1. The summed E-state index contributed by atoms with van der Waals surface area (Å²) in [6, 6.07) is 6.10. The third-order valence-electron chi connectivity index (χ3n) is 3.32. The molecule has 0 unspecified atom stereocenters. The molecule has 1 aromatic carbocycles. The summed E-state index contributed by atoms with van der Waals surface area (Å²) in [7, 11) is 0. The average Bonchev–Trinajstić information content (AvgIpc) is 3.14. The van der Waals surface area contributed by atoms with Gasteiger partial charge >= 0.3 is 6.61 Å². The van der Waals surface area contributed by atoms with Gasteiger partial charge in [-0.05, 0) is 31.2 Å². The summed E-state index contributed by atoms with van der Waals surface area (Å²) in [6.07, 6.45) is 1.58. The highest BCUT2D eigenvalue weighted by Gasteiger charge is 2.11. The SMILES string of the molecule is Cc1nn(CC(=O)Nc2nc(-c3ccc(OC(F)F)cc3)cs2)cc1Cl. The molecule has 0 bridgehead atoms. The van der Waals surface area contributed by atoms with Crippen LogP contribution in [0.5, 0.6) is 5.75 Å². The first-order valence-corrected chi connectivity index (χ1v) is 8.66. The van der Waals surface area contributed by atoms with Gasteiger partial charge in [-0.2, -0.15) is 13.9 Å². The smallest absolute Gasteiger partial charge is 0.387 e. The van der Waals surface area contributed by atoms with Gasteiger partial charge in [-0.15, -0.1) is 11.3 Å². The van der Waals surface area contributed by atoms with Crippen LogP contribution in [0.15, 0.2) is 35.8 Å². The normalized spacial score (nSPS) is 11.0. The molecule has 3 rings (SSSR count). The van der Waals surface area contributed by atoms with E-state index in [0.29, 0.717) is 21.5 Å². The summed E-state index contributed by atoms with van der Waals surface area (Å²) in [5.41, 5.74) is 1.99. The zero-order valence-corrected chi connectivity index (χ0v) is 15.0. The number of nitrogens with one attached hydrogen (secondary N) is 1. The number of halogens is 3. The molecule has 0 aliphatic carbocycles. The van der Waals surface area contributed by atoms with Crippen LogP contribution in [0, 0.1) is 6.92 Å². The quantitative estimate of drug-likeness (QED) is 0.675. The Morgan fingerprint density at radius 1 is 1.38 bits per heavy atom. The summed E-state index contributed by atoms with van der Waals surface area (Å²) in [5, 5.41) is 9.48. The molecule has 3 aromatic rings. The Morgan fingerprint density at radius 3 is 2.73 bits per heavy atom. The third-order valence-corrected chi connectivity index (χ3v) is 4.45. The predicted molar refractivity (Wildman–Crippen MR) is 94.8 cm³/mol. The van der Waals surface area contributed by atoms with Gasteiger partial charge in [-0.1, -0.05) is 11.6 Å². The van der Waals surface area contributed by atoms with Crippen molar-refractivity contribution in [3.63, 3.8) is 0 Å². The molecule has 2 heterocycles. The van der Waals surface area contributed by atoms with Crippen LogP contribution in [0.2, 0.25) is 5.02 Å². The second kappa shape index (κ2) is 7.79. The molecule has 1 N–H and O–H groups in total. The summed E-state index contributed by atoms with van der Waals surface area (Å²) in [4.78, 5) is 16.4. The fourth-order valence-corrected chi connectivity index (χ4v) is 3.04. The number of hydrogen-bond acceptors (Lipinski definition) is 5. The summed E-state index contributed by atoms with van der Waals surface area (Å²) >= 11 is 7.16. The van der Waals surface area contributed by atoms with E-state index in [4.69, 9.17) is 11.6 Å². The minimum absolute atomic E-state index is 0.0160. The maximum atomic E-state index is 12.2. The molecule has 0 aliphatic rings. The molecule has 1 amide bonds. The highest BCUT2D eigenvalue weighted by molar-refractivity contribution is 7.14. The van der Waals surface area contributed by atoms with Crippen molar-refractivity contribution in [2.45, 2.75) is 20.1 Å². The van der Waals surface area contributed by atoms with Crippen LogP contribution in [0.1, 0.15) is 5.69 Å². The number of rotatable bonds is 6. The van der Waals surface area contributed by atoms with E-state index in [1.165, 1.54) is 28.2 Å². The number of anilines is 1. The fraction of sp³-hybridized carbons (Fsp3) is 0.188. The average molecular weight is 399 g/mol. The second-order valence-electron chi connectivity index (χ2n) is 5.25. The molecule has 2 aromatic heterocycles. The molecule has 26 heavy (non-hydrogen) atoms. The predicted octanol–water partition coefficient (Wildman–Crippen LogP) is 4.21. The minimum Gasteiger partial charge on any atom is -0.435 e. The van der Waals surface area contributed by atoms with E-state index in [2.05, 4.69) is 20.1 Å². The van der Waals surface area contributed by atoms with E-state index in [9.17, 15) is 13.6 Å². The van der Waals surface area contributed by atoms with Crippen molar-refractivity contribution in [1.29, 1.82) is 0 Å². The monoisotopic (exact) mass is 398 g/mol. The van der Waals surface area contributed by atoms with Gasteiger partial charge in [-0.3, -0.25) is 9.48 Å². The van der Waals surface area contributed by atoms with Gasteiger partial charge in [-0.25, -0.2) is 4.98 Å². The molecule has 6 nitrogen and oxygen atoms in total. The molecule has 0 saturated heterocycles. The number of hydrogen-bond donors (Lipinski definition) is 1. The van der Waals surface area contributed by atoms with Crippen molar-refractivity contribution in [3.8, 4) is 17.0 Å². The number of aromatic nitrogens is 3. The number of nitrogens with zero attached hydrogens (tertiary/aromatic N) is 3. The molecule has 0 aliphatic heterocycles. The Hall–Kier alpha value is -2.52. The van der Waals surface area contributed by atoms with Gasteiger partial charge in [0.15, 0.2) is 5.13 Å². The van der Waals surface area contributed by atoms with Gasteiger partial charge in [0.2, 0.25) is 5.91 Å². The number of carbonyl (C=O) groups is 1. The number of amides is 1. The molecule has 136 valence electrons. The zero-order valence-electron chi connectivity index (χ0n) is 13.4. The van der Waals surface area contributed by atoms with Gasteiger partial charge in [0.1, 0.15) is 12.3 Å². The van der Waals surface area contributed by atoms with Crippen LogP contribution in [0.3, 0.4) is 0 Å². The first-order valence-electron chi connectivity index (χ1n) is 7.41. The summed E-state index contributed by atoms with van der Waals surface area (Å²) in [6.45, 7) is -1.10. The molecule has 0 saturated carbocycles. The third kappa shape index (κ3) is 4.55. The Morgan fingerprint density at radius 2 is 2.12 bits per heavy atom. The van der Waals surface area contributed by atoms with Crippen molar-refractivity contribution in [2.24, 2.45) is 0 Å². The number of ether oxygens (including phenoxy) is 1. The zero-order chi connectivity index (χ0) is 18.7. The maximum absolute atomic E-state index is 12.2. The van der Waals surface area contributed by atoms with Crippen molar-refractivity contribution >= 4 is 34.0 Å². The standard InChI is InChI=1S/C16H13ClF2N4O2S/c1-9-12(17)6-23(22-9)7-14(24)21-16-20-13(8-26-16)10-2-4-11(5-3-10)25-15(18)19/h2-6,8,15H,7H2,1H3,(H,20,21,24). The van der Waals surface area contributed by atoms with E-state index in [1.54, 1.807) is 30.6 Å². The van der Waals surface area contributed by atoms with Crippen LogP contribution in [0.25, 0.3) is 11.3 Å². The van der Waals surface area contributed by atoms with E-state index >= 15 is 0 Å². The Bertz CT molecular complexity index is 892. The Labute approximate surface area is 156 Å². The van der Waals surface area contributed by atoms with Crippen molar-refractivity contribution < 1.29 is 18.3 Å². The number of thiazole rings is 1. The lowest BCUT2D eigenvalue weighted by Crippen LogP contribution is -2.19. The van der Waals surface area contributed by atoms with Crippen molar-refractivity contribution in [3.05, 3.63) is 46.6 Å². The number of aryl methyl sites for hydroxylation is 1. The lowest BCUT2D eigenvalue weighted by Gasteiger charge is -2.04. The number of carbonyl (C=O) groups excluding carboxylic acids is 1. The first kappa shape index (κ1) is 18.3. The van der Waals surface area contributed by atoms with E-state index in [-0.39, 0.29) is 18.2 Å². The molecular formula is C16H13ClF2N4O2S. The van der Waals surface area contributed by atoms with E-state index < -0.39 is 6.61 Å². The van der Waals surface area contributed by atoms with Crippen LogP contribution >= 0.6 is 22.9 Å². The van der Waals surface area contributed by atoms with Crippen molar-refractivity contribution in [1.82, 2.24) is 14.8 Å². The Balaban J connectivity index is 1.63. The van der Waals surface area contributed by atoms with E-state index in [1.807, 2.05) is 0 Å². The summed E-state index contributed by atoms with van der Waals surface area (Å²) < 4.78 is 30.1. The van der Waals surface area contributed by atoms with Gasteiger partial charge in [0.25, 0.3) is 0 Å². The van der Waals surface area contributed by atoms with Gasteiger partial charge < -0.3 is 10.1 Å². The summed E-state index contributed by atoms with van der Waals surface area (Å²) in [5.74, 6) is -0.216. The molecular weight excluding hydrogens is 386 g/mol. The van der Waals surface area contributed by atoms with Crippen LogP contribution in [0.4, 0.5) is 13.9 Å². The topological polar surface area (TPSA) is 69.0 Å². The maximum Gasteiger partial charge on any atom is 0.387 e. The Kier molecular flexibility index (Phi) is 5.48.